The van der Waals surface area contributed by atoms with E-state index in [2.05, 4.69) is 0 Å². The van der Waals surface area contributed by atoms with Crippen molar-refractivity contribution in [2.24, 2.45) is 0 Å². The zero-order valence-electron chi connectivity index (χ0n) is 11.6. The van der Waals surface area contributed by atoms with E-state index >= 15 is 0 Å². The van der Waals surface area contributed by atoms with Crippen molar-refractivity contribution in [2.75, 3.05) is 6.61 Å². The van der Waals surface area contributed by atoms with Crippen LogP contribution in [0.4, 0.5) is 0 Å². The molecule has 4 nitrogen and oxygen atoms in total. The number of ether oxygens (including phenoxy) is 1. The molecule has 0 aliphatic heterocycles. The minimum Gasteiger partial charge on any atom is -0.494 e. The summed E-state index contributed by atoms with van der Waals surface area (Å²) >= 11 is 0. The molecule has 104 valence electrons. The third-order valence-corrected chi connectivity index (χ3v) is 2.98. The Hall–Kier alpha value is -2.36. The summed E-state index contributed by atoms with van der Waals surface area (Å²) in [4.78, 5) is 22.6. The Labute approximate surface area is 117 Å². The summed E-state index contributed by atoms with van der Waals surface area (Å²) in [7, 11) is 0. The first-order chi connectivity index (χ1) is 9.60. The highest BCUT2D eigenvalue weighted by Gasteiger charge is 2.08. The fourth-order valence-electron chi connectivity index (χ4n) is 1.96. The minimum atomic E-state index is -0.0243. The summed E-state index contributed by atoms with van der Waals surface area (Å²) in [6.07, 6.45) is 3.44. The Bertz CT molecular complexity index is 653. The Morgan fingerprint density at radius 1 is 1.20 bits per heavy atom. The molecule has 4 heteroatoms. The molecule has 0 radical (unpaired) electrons. The zero-order chi connectivity index (χ0) is 14.5. The van der Waals surface area contributed by atoms with E-state index in [0.29, 0.717) is 18.7 Å². The standard InChI is InChI=1S/C16H17NO3/c1-3-20-16-5-4-13(12(2)18)10-14(16)11-17-8-6-15(19)7-9-17/h4-10H,3,11H2,1-2H3. The van der Waals surface area contributed by atoms with Crippen LogP contribution in [-0.4, -0.2) is 17.0 Å². The van der Waals surface area contributed by atoms with Crippen LogP contribution >= 0.6 is 0 Å². The lowest BCUT2D eigenvalue weighted by Gasteiger charge is -2.13. The molecule has 0 fully saturated rings. The molecule has 2 aromatic rings. The highest BCUT2D eigenvalue weighted by molar-refractivity contribution is 5.94. The van der Waals surface area contributed by atoms with Crippen molar-refractivity contribution in [1.82, 2.24) is 4.57 Å². The number of Topliss-reactive ketones (excluding diaryl/α,β-unsaturated/α-hetero) is 1. The lowest BCUT2D eigenvalue weighted by Crippen LogP contribution is -2.07. The van der Waals surface area contributed by atoms with Gasteiger partial charge in [0.2, 0.25) is 0 Å². The largest absolute Gasteiger partial charge is 0.494 e. The monoisotopic (exact) mass is 271 g/mol. The molecule has 0 spiro atoms. The van der Waals surface area contributed by atoms with E-state index in [1.807, 2.05) is 23.6 Å². The van der Waals surface area contributed by atoms with Crippen molar-refractivity contribution in [3.8, 4) is 5.75 Å². The van der Waals surface area contributed by atoms with Crippen molar-refractivity contribution in [3.63, 3.8) is 0 Å². The van der Waals surface area contributed by atoms with Crippen LogP contribution in [0.1, 0.15) is 29.8 Å². The highest BCUT2D eigenvalue weighted by Crippen LogP contribution is 2.21. The van der Waals surface area contributed by atoms with E-state index in [-0.39, 0.29) is 11.2 Å². The average Bonchev–Trinajstić information content (AvgIpc) is 2.43. The zero-order valence-corrected chi connectivity index (χ0v) is 11.6. The summed E-state index contributed by atoms with van der Waals surface area (Å²) in [6.45, 7) is 4.58. The molecule has 0 N–H and O–H groups in total. The molecule has 20 heavy (non-hydrogen) atoms. The van der Waals surface area contributed by atoms with E-state index in [9.17, 15) is 9.59 Å². The van der Waals surface area contributed by atoms with Crippen LogP contribution in [-0.2, 0) is 6.54 Å². The second kappa shape index (κ2) is 6.19. The molecular formula is C16H17NO3. The normalized spacial score (nSPS) is 10.3. The van der Waals surface area contributed by atoms with E-state index in [1.54, 1.807) is 25.4 Å². The van der Waals surface area contributed by atoms with Gasteiger partial charge in [-0.25, -0.2) is 0 Å². The summed E-state index contributed by atoms with van der Waals surface area (Å²) in [5.41, 5.74) is 1.55. The number of nitrogens with zero attached hydrogens (tertiary/aromatic N) is 1. The van der Waals surface area contributed by atoms with Crippen molar-refractivity contribution in [3.05, 3.63) is 64.1 Å². The number of carbonyl (C=O) groups excluding carboxylic acids is 1. The number of ketones is 1. The first-order valence-corrected chi connectivity index (χ1v) is 6.53. The van der Waals surface area contributed by atoms with Crippen molar-refractivity contribution >= 4 is 5.78 Å². The van der Waals surface area contributed by atoms with Gasteiger partial charge in [-0.1, -0.05) is 0 Å². The van der Waals surface area contributed by atoms with Gasteiger partial charge in [-0.05, 0) is 32.0 Å². The Morgan fingerprint density at radius 2 is 1.90 bits per heavy atom. The molecule has 0 bridgehead atoms. The Balaban J connectivity index is 2.36. The second-order valence-corrected chi connectivity index (χ2v) is 4.52. The van der Waals surface area contributed by atoms with Gasteiger partial charge in [0.15, 0.2) is 11.2 Å². The van der Waals surface area contributed by atoms with Gasteiger partial charge in [0.25, 0.3) is 0 Å². The van der Waals surface area contributed by atoms with Crippen molar-refractivity contribution in [2.45, 2.75) is 20.4 Å². The number of hydrogen-bond acceptors (Lipinski definition) is 3. The summed E-state index contributed by atoms with van der Waals surface area (Å²) in [6, 6.07) is 8.44. The smallest absolute Gasteiger partial charge is 0.181 e. The van der Waals surface area contributed by atoms with E-state index in [1.165, 1.54) is 12.1 Å². The molecular weight excluding hydrogens is 254 g/mol. The quantitative estimate of drug-likeness (QED) is 0.785. The number of aromatic nitrogens is 1. The van der Waals surface area contributed by atoms with Crippen LogP contribution < -0.4 is 10.2 Å². The van der Waals surface area contributed by atoms with Crippen LogP contribution in [0.25, 0.3) is 0 Å². The molecule has 0 saturated carbocycles. The molecule has 0 amide bonds. The number of pyridine rings is 1. The minimum absolute atomic E-state index is 0.0224. The maximum Gasteiger partial charge on any atom is 0.181 e. The van der Waals surface area contributed by atoms with Gasteiger partial charge in [0, 0.05) is 35.7 Å². The van der Waals surface area contributed by atoms with Crippen LogP contribution in [0.3, 0.4) is 0 Å². The first-order valence-electron chi connectivity index (χ1n) is 6.53. The van der Waals surface area contributed by atoms with Gasteiger partial charge in [0.05, 0.1) is 13.2 Å². The lowest BCUT2D eigenvalue weighted by atomic mass is 10.1. The summed E-state index contributed by atoms with van der Waals surface area (Å²) in [5.74, 6) is 0.783. The predicted molar refractivity (Wildman–Crippen MR) is 77.4 cm³/mol. The number of benzene rings is 1. The summed E-state index contributed by atoms with van der Waals surface area (Å²) < 4.78 is 7.46. The Morgan fingerprint density at radius 3 is 2.50 bits per heavy atom. The van der Waals surface area contributed by atoms with Gasteiger partial charge in [-0.3, -0.25) is 9.59 Å². The number of rotatable bonds is 5. The number of carbonyl (C=O) groups is 1. The van der Waals surface area contributed by atoms with Crippen LogP contribution in [0.2, 0.25) is 0 Å². The van der Waals surface area contributed by atoms with E-state index in [4.69, 9.17) is 4.74 Å². The van der Waals surface area contributed by atoms with Gasteiger partial charge in [-0.15, -0.1) is 0 Å². The molecule has 2 rings (SSSR count). The predicted octanol–water partition coefficient (Wildman–Crippen LogP) is 2.50. The average molecular weight is 271 g/mol. The topological polar surface area (TPSA) is 48.3 Å². The van der Waals surface area contributed by atoms with Crippen LogP contribution in [0.5, 0.6) is 5.75 Å². The Kier molecular flexibility index (Phi) is 4.35. The fraction of sp³-hybridized carbons (Fsp3) is 0.250. The van der Waals surface area contributed by atoms with Gasteiger partial charge < -0.3 is 9.30 Å². The molecule has 0 atom stereocenters. The number of hydrogen-bond donors (Lipinski definition) is 0. The SMILES string of the molecule is CCOc1ccc(C(C)=O)cc1Cn1ccc(=O)cc1. The maximum absolute atomic E-state index is 11.5. The van der Waals surface area contributed by atoms with Gasteiger partial charge in [0.1, 0.15) is 5.75 Å². The van der Waals surface area contributed by atoms with Crippen molar-refractivity contribution in [1.29, 1.82) is 0 Å². The molecule has 1 heterocycles. The molecule has 1 aromatic heterocycles. The van der Waals surface area contributed by atoms with E-state index in [0.717, 1.165) is 11.3 Å². The molecule has 0 saturated heterocycles. The third-order valence-electron chi connectivity index (χ3n) is 2.98. The van der Waals surface area contributed by atoms with Crippen molar-refractivity contribution < 1.29 is 9.53 Å². The van der Waals surface area contributed by atoms with Gasteiger partial charge in [-0.2, -0.15) is 0 Å². The summed E-state index contributed by atoms with van der Waals surface area (Å²) in [5, 5.41) is 0. The third kappa shape index (κ3) is 3.35. The molecule has 1 aromatic carbocycles. The van der Waals surface area contributed by atoms with Gasteiger partial charge >= 0.3 is 0 Å². The van der Waals surface area contributed by atoms with Crippen LogP contribution in [0, 0.1) is 0 Å². The lowest BCUT2D eigenvalue weighted by molar-refractivity contribution is 0.101. The first kappa shape index (κ1) is 14.1. The van der Waals surface area contributed by atoms with E-state index < -0.39 is 0 Å². The second-order valence-electron chi connectivity index (χ2n) is 4.52. The fourth-order valence-corrected chi connectivity index (χ4v) is 1.96. The molecule has 0 aliphatic carbocycles. The molecule has 0 unspecified atom stereocenters. The highest BCUT2D eigenvalue weighted by atomic mass is 16.5. The maximum atomic E-state index is 11.5. The van der Waals surface area contributed by atoms with Crippen LogP contribution in [0.15, 0.2) is 47.5 Å². The molecule has 0 aliphatic rings.